The first-order chi connectivity index (χ1) is 14.0. The summed E-state index contributed by atoms with van der Waals surface area (Å²) in [5.74, 6) is 0.121. The molecule has 1 aromatic carbocycles. The topological polar surface area (TPSA) is 82.8 Å². The number of rotatable bonds is 5. The minimum atomic E-state index is -0.862. The molecule has 4 rings (SSSR count). The van der Waals surface area contributed by atoms with Crippen LogP contribution in [0.3, 0.4) is 0 Å². The van der Waals surface area contributed by atoms with Crippen LogP contribution in [0.15, 0.2) is 36.5 Å². The lowest BCUT2D eigenvalue weighted by Gasteiger charge is -2.40. The summed E-state index contributed by atoms with van der Waals surface area (Å²) < 4.78 is 2.77. The normalized spacial score (nSPS) is 16.3. The highest BCUT2D eigenvalue weighted by atomic mass is 127. The molecule has 1 aliphatic heterocycles. The highest BCUT2D eigenvalue weighted by molar-refractivity contribution is 14.1. The predicted molar refractivity (Wildman–Crippen MR) is 122 cm³/mol. The Labute approximate surface area is 187 Å². The van der Waals surface area contributed by atoms with E-state index in [1.165, 1.54) is 0 Å². The summed E-state index contributed by atoms with van der Waals surface area (Å²) >= 11 is 8.65. The summed E-state index contributed by atoms with van der Waals surface area (Å²) in [5, 5.41) is 18.3. The van der Waals surface area contributed by atoms with E-state index < -0.39 is 11.5 Å². The first-order valence-corrected chi connectivity index (χ1v) is 10.9. The number of carbonyl (C=O) groups is 1. The molecule has 1 aliphatic rings. The number of piperidine rings is 1. The zero-order valence-electron chi connectivity index (χ0n) is 15.9. The second kappa shape index (κ2) is 8.08. The van der Waals surface area contributed by atoms with Crippen molar-refractivity contribution < 1.29 is 9.90 Å². The van der Waals surface area contributed by atoms with E-state index in [1.807, 2.05) is 41.8 Å². The highest BCUT2D eigenvalue weighted by Crippen LogP contribution is 2.34. The van der Waals surface area contributed by atoms with Crippen molar-refractivity contribution in [3.8, 4) is 11.3 Å². The lowest BCUT2D eigenvalue weighted by atomic mass is 9.87. The van der Waals surface area contributed by atoms with Crippen LogP contribution in [-0.4, -0.2) is 50.8 Å². The Balaban J connectivity index is 1.70. The molecule has 9 heteroatoms. The van der Waals surface area contributed by atoms with Crippen LogP contribution in [0.25, 0.3) is 16.9 Å². The molecule has 0 bridgehead atoms. The summed E-state index contributed by atoms with van der Waals surface area (Å²) in [5.41, 5.74) is 1.56. The van der Waals surface area contributed by atoms with E-state index in [-0.39, 0.29) is 0 Å². The fraction of sp³-hybridized carbons (Fsp3) is 0.350. The Kier molecular flexibility index (Phi) is 5.67. The van der Waals surface area contributed by atoms with Gasteiger partial charge >= 0.3 is 5.97 Å². The Morgan fingerprint density at radius 3 is 2.69 bits per heavy atom. The predicted octanol–water partition coefficient (Wildman–Crippen LogP) is 3.69. The number of nitrogens with zero attached hydrogens (tertiary/aromatic N) is 4. The maximum absolute atomic E-state index is 11.8. The molecule has 0 unspecified atom stereocenters. The molecule has 0 aliphatic carbocycles. The van der Waals surface area contributed by atoms with Crippen LogP contribution in [0.2, 0.25) is 5.02 Å². The van der Waals surface area contributed by atoms with E-state index in [9.17, 15) is 9.90 Å². The molecule has 29 heavy (non-hydrogen) atoms. The van der Waals surface area contributed by atoms with Crippen LogP contribution in [0.4, 0.5) is 5.82 Å². The number of carboxylic acid groups (broad SMARTS) is 1. The Morgan fingerprint density at radius 1 is 1.31 bits per heavy atom. The molecule has 2 N–H and O–H groups in total. The average Bonchev–Trinajstić information content (AvgIpc) is 3.06. The number of benzene rings is 1. The molecule has 152 valence electrons. The van der Waals surface area contributed by atoms with E-state index in [4.69, 9.17) is 16.7 Å². The van der Waals surface area contributed by atoms with Gasteiger partial charge in [0.15, 0.2) is 5.65 Å². The number of hydrogen-bond donors (Lipinski definition) is 2. The molecule has 0 amide bonds. The standard InChI is InChI=1S/C20H21ClIN5O2/c1-2-24-20(19(28)29)8-11-26(12-9-20)15-7-10-23-18-16(22)17(25-27(15)18)13-5-3-4-6-14(13)21/h3-7,10,24H,2,8-9,11-12H2,1H3,(H,28,29). The lowest BCUT2D eigenvalue weighted by molar-refractivity contribution is -0.145. The number of likely N-dealkylation sites (N-methyl/N-ethyl adjacent to an activating group) is 1. The molecule has 0 spiro atoms. The molecule has 2 aromatic heterocycles. The third-order valence-corrected chi connectivity index (χ3v) is 6.76. The summed E-state index contributed by atoms with van der Waals surface area (Å²) in [6.07, 6.45) is 2.82. The number of halogens is 2. The van der Waals surface area contributed by atoms with Gasteiger partial charge in [0.2, 0.25) is 0 Å². The molecular formula is C20H21ClIN5O2. The summed E-state index contributed by atoms with van der Waals surface area (Å²) in [7, 11) is 0. The second-order valence-corrected chi connectivity index (χ2v) is 8.57. The first-order valence-electron chi connectivity index (χ1n) is 9.48. The van der Waals surface area contributed by atoms with E-state index in [0.29, 0.717) is 37.5 Å². The quantitative estimate of drug-likeness (QED) is 0.495. The zero-order valence-corrected chi connectivity index (χ0v) is 18.8. The summed E-state index contributed by atoms with van der Waals surface area (Å²) in [6, 6.07) is 9.55. The van der Waals surface area contributed by atoms with Crippen LogP contribution in [0.5, 0.6) is 0 Å². The van der Waals surface area contributed by atoms with Crippen molar-refractivity contribution >= 4 is 51.6 Å². The Hall–Kier alpha value is -1.91. The number of carboxylic acids is 1. The van der Waals surface area contributed by atoms with Crippen LogP contribution < -0.4 is 10.2 Å². The molecule has 0 radical (unpaired) electrons. The highest BCUT2D eigenvalue weighted by Gasteiger charge is 2.41. The van der Waals surface area contributed by atoms with Crippen molar-refractivity contribution in [3.63, 3.8) is 0 Å². The van der Waals surface area contributed by atoms with Gasteiger partial charge in [-0.3, -0.25) is 4.79 Å². The van der Waals surface area contributed by atoms with Gasteiger partial charge in [-0.2, -0.15) is 9.61 Å². The minimum Gasteiger partial charge on any atom is -0.480 e. The lowest BCUT2D eigenvalue weighted by Crippen LogP contribution is -2.58. The molecule has 0 saturated carbocycles. The minimum absolute atomic E-state index is 0.524. The maximum Gasteiger partial charge on any atom is 0.324 e. The van der Waals surface area contributed by atoms with Crippen LogP contribution >= 0.6 is 34.2 Å². The number of nitrogens with one attached hydrogen (secondary N) is 1. The number of anilines is 1. The van der Waals surface area contributed by atoms with Crippen LogP contribution in [0, 0.1) is 3.57 Å². The third kappa shape index (κ3) is 3.57. The average molecular weight is 526 g/mol. The number of aliphatic carboxylic acids is 1. The van der Waals surface area contributed by atoms with Crippen molar-refractivity contribution in [3.05, 3.63) is 45.1 Å². The van der Waals surface area contributed by atoms with Gasteiger partial charge in [-0.15, -0.1) is 0 Å². The Bertz CT molecular complexity index is 1060. The molecular weight excluding hydrogens is 505 g/mol. The number of fused-ring (bicyclic) bond motifs is 1. The van der Waals surface area contributed by atoms with E-state index in [1.54, 1.807) is 6.20 Å². The molecule has 3 aromatic rings. The molecule has 0 atom stereocenters. The Morgan fingerprint density at radius 2 is 2.03 bits per heavy atom. The SMILES string of the molecule is CCNC1(C(=O)O)CCN(c2ccnc3c(I)c(-c4ccccc4Cl)nn23)CC1. The van der Waals surface area contributed by atoms with Gasteiger partial charge in [-0.05, 0) is 54.1 Å². The number of aromatic nitrogens is 3. The van der Waals surface area contributed by atoms with Gasteiger partial charge in [-0.25, -0.2) is 4.98 Å². The number of hydrogen-bond acceptors (Lipinski definition) is 5. The third-order valence-electron chi connectivity index (χ3n) is 5.44. The maximum atomic E-state index is 11.8. The van der Waals surface area contributed by atoms with Gasteiger partial charge in [0.1, 0.15) is 17.1 Å². The summed E-state index contributed by atoms with van der Waals surface area (Å²) in [4.78, 5) is 18.5. The zero-order chi connectivity index (χ0) is 20.6. The van der Waals surface area contributed by atoms with E-state index in [2.05, 4.69) is 37.8 Å². The van der Waals surface area contributed by atoms with Gasteiger partial charge < -0.3 is 15.3 Å². The van der Waals surface area contributed by atoms with Crippen molar-refractivity contribution in [2.24, 2.45) is 0 Å². The smallest absolute Gasteiger partial charge is 0.324 e. The first kappa shape index (κ1) is 20.4. The fourth-order valence-electron chi connectivity index (χ4n) is 3.89. The van der Waals surface area contributed by atoms with E-state index >= 15 is 0 Å². The van der Waals surface area contributed by atoms with Crippen LogP contribution in [-0.2, 0) is 4.79 Å². The molecule has 1 saturated heterocycles. The van der Waals surface area contributed by atoms with Gasteiger partial charge in [0, 0.05) is 24.8 Å². The van der Waals surface area contributed by atoms with Crippen molar-refractivity contribution in [2.45, 2.75) is 25.3 Å². The van der Waals surface area contributed by atoms with Gasteiger partial charge in [0.05, 0.1) is 8.59 Å². The molecule has 7 nitrogen and oxygen atoms in total. The molecule has 3 heterocycles. The monoisotopic (exact) mass is 525 g/mol. The van der Waals surface area contributed by atoms with Crippen molar-refractivity contribution in [2.75, 3.05) is 24.5 Å². The summed E-state index contributed by atoms with van der Waals surface area (Å²) in [6.45, 7) is 3.81. The second-order valence-electron chi connectivity index (χ2n) is 7.09. The van der Waals surface area contributed by atoms with Crippen LogP contribution in [0.1, 0.15) is 19.8 Å². The van der Waals surface area contributed by atoms with Crippen molar-refractivity contribution in [1.29, 1.82) is 0 Å². The van der Waals surface area contributed by atoms with Crippen molar-refractivity contribution in [1.82, 2.24) is 19.9 Å². The van der Waals surface area contributed by atoms with Gasteiger partial charge in [-0.1, -0.05) is 36.7 Å². The fourth-order valence-corrected chi connectivity index (χ4v) is 4.88. The van der Waals surface area contributed by atoms with E-state index in [0.717, 1.165) is 26.3 Å². The largest absolute Gasteiger partial charge is 0.480 e. The molecule has 1 fully saturated rings. The van der Waals surface area contributed by atoms with Gasteiger partial charge in [0.25, 0.3) is 0 Å².